The molecule has 1 saturated heterocycles. The van der Waals surface area contributed by atoms with Gasteiger partial charge in [-0.05, 0) is 31.5 Å². The molecule has 2 atom stereocenters. The molecule has 1 heterocycles. The Bertz CT molecular complexity index is 444. The zero-order valence-electron chi connectivity index (χ0n) is 10.1. The van der Waals surface area contributed by atoms with Crippen LogP contribution < -0.4 is 5.32 Å². The first-order valence-corrected chi connectivity index (χ1v) is 6.33. The van der Waals surface area contributed by atoms with Crippen molar-refractivity contribution in [3.8, 4) is 0 Å². The van der Waals surface area contributed by atoms with Gasteiger partial charge in [0.05, 0.1) is 17.9 Å². The van der Waals surface area contributed by atoms with Crippen molar-refractivity contribution in [2.45, 2.75) is 19.4 Å². The Kier molecular flexibility index (Phi) is 4.09. The number of carboxylic acids is 1. The van der Waals surface area contributed by atoms with Gasteiger partial charge in [-0.25, -0.2) is 4.79 Å². The van der Waals surface area contributed by atoms with Gasteiger partial charge in [-0.3, -0.25) is 0 Å². The van der Waals surface area contributed by atoms with E-state index < -0.39 is 5.97 Å². The van der Waals surface area contributed by atoms with E-state index in [9.17, 15) is 4.79 Å². The molecule has 0 saturated carbocycles. The van der Waals surface area contributed by atoms with E-state index in [-0.39, 0.29) is 11.6 Å². The molecular weight excluding hydrogens is 254 g/mol. The fraction of sp³-hybridized carbons (Fsp3) is 0.462. The van der Waals surface area contributed by atoms with Crippen molar-refractivity contribution >= 4 is 23.3 Å². The van der Waals surface area contributed by atoms with Crippen LogP contribution in [0.25, 0.3) is 0 Å². The Morgan fingerprint density at radius 1 is 1.61 bits per heavy atom. The minimum absolute atomic E-state index is 0.157. The molecule has 5 heteroatoms. The number of ether oxygens (including phenoxy) is 1. The molecule has 0 spiro atoms. The molecule has 1 aliphatic rings. The fourth-order valence-electron chi connectivity index (χ4n) is 2.13. The topological polar surface area (TPSA) is 58.6 Å². The number of hydrogen-bond acceptors (Lipinski definition) is 3. The summed E-state index contributed by atoms with van der Waals surface area (Å²) in [6.07, 6.45) is 0.997. The first kappa shape index (κ1) is 13.2. The van der Waals surface area contributed by atoms with Crippen LogP contribution in [0.3, 0.4) is 0 Å². The van der Waals surface area contributed by atoms with Gasteiger partial charge in [-0.2, -0.15) is 0 Å². The molecule has 0 aromatic heterocycles. The average molecular weight is 270 g/mol. The van der Waals surface area contributed by atoms with Gasteiger partial charge < -0.3 is 15.2 Å². The van der Waals surface area contributed by atoms with Crippen LogP contribution in [0.1, 0.15) is 23.7 Å². The summed E-state index contributed by atoms with van der Waals surface area (Å²) >= 11 is 5.91. The largest absolute Gasteiger partial charge is 0.478 e. The van der Waals surface area contributed by atoms with E-state index in [1.165, 1.54) is 6.07 Å². The first-order chi connectivity index (χ1) is 8.58. The zero-order valence-corrected chi connectivity index (χ0v) is 10.9. The number of aromatic carboxylic acids is 1. The minimum Gasteiger partial charge on any atom is -0.478 e. The van der Waals surface area contributed by atoms with Crippen molar-refractivity contribution in [2.75, 3.05) is 18.5 Å². The second-order valence-electron chi connectivity index (χ2n) is 4.55. The number of anilines is 1. The summed E-state index contributed by atoms with van der Waals surface area (Å²) < 4.78 is 5.33. The lowest BCUT2D eigenvalue weighted by Gasteiger charge is -2.21. The summed E-state index contributed by atoms with van der Waals surface area (Å²) in [5.41, 5.74) is 0.805. The third kappa shape index (κ3) is 2.94. The smallest absolute Gasteiger partial charge is 0.337 e. The maximum absolute atomic E-state index is 11.1. The second kappa shape index (κ2) is 5.59. The molecule has 1 fully saturated rings. The Balaban J connectivity index is 2.16. The zero-order chi connectivity index (χ0) is 13.1. The quantitative estimate of drug-likeness (QED) is 0.882. The van der Waals surface area contributed by atoms with E-state index in [2.05, 4.69) is 5.32 Å². The highest BCUT2D eigenvalue weighted by Gasteiger charge is 2.23. The molecule has 0 aliphatic carbocycles. The molecule has 2 rings (SSSR count). The number of nitrogens with one attached hydrogen (secondary N) is 1. The lowest BCUT2D eigenvalue weighted by molar-refractivity contribution is 0.0698. The number of carboxylic acid groups (broad SMARTS) is 1. The fourth-order valence-corrected chi connectivity index (χ4v) is 2.30. The van der Waals surface area contributed by atoms with Crippen LogP contribution in [-0.2, 0) is 4.74 Å². The minimum atomic E-state index is -0.955. The number of benzene rings is 1. The molecule has 4 nitrogen and oxygen atoms in total. The molecule has 0 amide bonds. The number of rotatable bonds is 4. The predicted octanol–water partition coefficient (Wildman–Crippen LogP) is 2.88. The first-order valence-electron chi connectivity index (χ1n) is 5.95. The molecule has 2 unspecified atom stereocenters. The van der Waals surface area contributed by atoms with Crippen LogP contribution in [0, 0.1) is 5.92 Å². The highest BCUT2D eigenvalue weighted by Crippen LogP contribution is 2.25. The maximum atomic E-state index is 11.1. The third-order valence-electron chi connectivity index (χ3n) is 3.27. The van der Waals surface area contributed by atoms with Crippen molar-refractivity contribution in [2.24, 2.45) is 5.92 Å². The predicted molar refractivity (Wildman–Crippen MR) is 70.4 cm³/mol. The summed E-state index contributed by atoms with van der Waals surface area (Å²) in [6, 6.07) is 4.91. The van der Waals surface area contributed by atoms with Crippen molar-refractivity contribution < 1.29 is 14.6 Å². The van der Waals surface area contributed by atoms with Gasteiger partial charge in [0.1, 0.15) is 0 Å². The average Bonchev–Trinajstić information content (AvgIpc) is 2.81. The van der Waals surface area contributed by atoms with E-state index in [1.807, 2.05) is 6.92 Å². The van der Waals surface area contributed by atoms with E-state index in [1.54, 1.807) is 12.1 Å². The Hall–Kier alpha value is -1.26. The Morgan fingerprint density at radius 3 is 3.00 bits per heavy atom. The van der Waals surface area contributed by atoms with Gasteiger partial charge in [0.2, 0.25) is 0 Å². The normalized spacial score (nSPS) is 20.7. The van der Waals surface area contributed by atoms with E-state index >= 15 is 0 Å². The molecule has 0 bridgehead atoms. The van der Waals surface area contributed by atoms with E-state index in [0.29, 0.717) is 16.6 Å². The van der Waals surface area contributed by atoms with Gasteiger partial charge in [0.15, 0.2) is 0 Å². The Labute approximate surface area is 111 Å². The summed E-state index contributed by atoms with van der Waals surface area (Å²) in [4.78, 5) is 11.1. The summed E-state index contributed by atoms with van der Waals surface area (Å²) in [5, 5.41) is 12.9. The standard InChI is InChI=1S/C13H16ClNO3/c1-8(9-4-5-18-7-9)15-12-6-10(14)2-3-11(12)13(16)17/h2-3,6,8-9,15H,4-5,7H2,1H3,(H,16,17). The van der Waals surface area contributed by atoms with Crippen molar-refractivity contribution in [1.29, 1.82) is 0 Å². The van der Waals surface area contributed by atoms with Crippen LogP contribution >= 0.6 is 11.6 Å². The van der Waals surface area contributed by atoms with Crippen molar-refractivity contribution in [3.05, 3.63) is 28.8 Å². The summed E-state index contributed by atoms with van der Waals surface area (Å²) in [5.74, 6) is -0.547. The maximum Gasteiger partial charge on any atom is 0.337 e. The molecule has 0 radical (unpaired) electrons. The molecular formula is C13H16ClNO3. The molecule has 2 N–H and O–H groups in total. The highest BCUT2D eigenvalue weighted by atomic mass is 35.5. The van der Waals surface area contributed by atoms with Gasteiger partial charge in [-0.15, -0.1) is 0 Å². The van der Waals surface area contributed by atoms with Gasteiger partial charge in [-0.1, -0.05) is 11.6 Å². The van der Waals surface area contributed by atoms with Gasteiger partial charge in [0.25, 0.3) is 0 Å². The summed E-state index contributed by atoms with van der Waals surface area (Å²) in [7, 11) is 0. The van der Waals surface area contributed by atoms with Gasteiger partial charge in [0, 0.05) is 23.6 Å². The summed E-state index contributed by atoms with van der Waals surface area (Å²) in [6.45, 7) is 3.53. The molecule has 1 aromatic rings. The molecule has 1 aliphatic heterocycles. The molecule has 1 aromatic carbocycles. The second-order valence-corrected chi connectivity index (χ2v) is 4.99. The van der Waals surface area contributed by atoms with Crippen LogP contribution in [0.2, 0.25) is 5.02 Å². The third-order valence-corrected chi connectivity index (χ3v) is 3.50. The van der Waals surface area contributed by atoms with Crippen LogP contribution in [0.5, 0.6) is 0 Å². The molecule has 98 valence electrons. The van der Waals surface area contributed by atoms with Crippen molar-refractivity contribution in [1.82, 2.24) is 0 Å². The van der Waals surface area contributed by atoms with E-state index in [0.717, 1.165) is 19.6 Å². The SMILES string of the molecule is CC(Nc1cc(Cl)ccc1C(=O)O)C1CCOC1. The monoisotopic (exact) mass is 269 g/mol. The Morgan fingerprint density at radius 2 is 2.39 bits per heavy atom. The number of halogens is 1. The van der Waals surface area contributed by atoms with E-state index in [4.69, 9.17) is 21.4 Å². The molecule has 18 heavy (non-hydrogen) atoms. The number of carbonyl (C=O) groups is 1. The highest BCUT2D eigenvalue weighted by molar-refractivity contribution is 6.31. The van der Waals surface area contributed by atoms with Crippen molar-refractivity contribution in [3.63, 3.8) is 0 Å². The van der Waals surface area contributed by atoms with Crippen LogP contribution in [-0.4, -0.2) is 30.3 Å². The number of hydrogen-bond donors (Lipinski definition) is 2. The van der Waals surface area contributed by atoms with Gasteiger partial charge >= 0.3 is 5.97 Å². The van der Waals surface area contributed by atoms with Crippen LogP contribution in [0.15, 0.2) is 18.2 Å². The lowest BCUT2D eigenvalue weighted by atomic mass is 10.00. The van der Waals surface area contributed by atoms with Crippen LogP contribution in [0.4, 0.5) is 5.69 Å². The lowest BCUT2D eigenvalue weighted by Crippen LogP contribution is -2.27.